The molecule has 1 aromatic carbocycles. The maximum absolute atomic E-state index is 5.47. The molecule has 2 heterocycles. The summed E-state index contributed by atoms with van der Waals surface area (Å²) >= 11 is 0. The van der Waals surface area contributed by atoms with E-state index in [9.17, 15) is 0 Å². The van der Waals surface area contributed by atoms with Gasteiger partial charge in [-0.05, 0) is 13.0 Å². The van der Waals surface area contributed by atoms with Gasteiger partial charge in [0.1, 0.15) is 0 Å². The number of hydrogen-bond acceptors (Lipinski definition) is 3. The Bertz CT molecular complexity index is 516. The van der Waals surface area contributed by atoms with E-state index in [1.807, 2.05) is 0 Å². The zero-order valence-corrected chi connectivity index (χ0v) is 9.29. The largest absolute Gasteiger partial charge is 0.356 e. The highest BCUT2D eigenvalue weighted by atomic mass is 16.5. The third-order valence-corrected chi connectivity index (χ3v) is 2.99. The number of fused-ring (bicyclic) bond motifs is 1. The minimum absolute atomic E-state index is 0.863. The molecular weight excluding hydrogens is 200 g/mol. The molecule has 1 N–H and O–H groups in total. The first-order valence-corrected chi connectivity index (χ1v) is 5.60. The van der Waals surface area contributed by atoms with Gasteiger partial charge in [0.25, 0.3) is 0 Å². The average molecular weight is 214 g/mol. The van der Waals surface area contributed by atoms with Crippen molar-refractivity contribution >= 4 is 0 Å². The SMILES string of the molecule is Cc1cccc(-c2onc3c2CNCC3)c1. The number of aryl methyl sites for hydroxylation is 1. The zero-order chi connectivity index (χ0) is 11.0. The highest BCUT2D eigenvalue weighted by Crippen LogP contribution is 2.28. The van der Waals surface area contributed by atoms with E-state index in [0.29, 0.717) is 0 Å². The van der Waals surface area contributed by atoms with Gasteiger partial charge in [-0.2, -0.15) is 0 Å². The summed E-state index contributed by atoms with van der Waals surface area (Å²) in [5, 5.41) is 7.50. The molecule has 3 heteroatoms. The Hall–Kier alpha value is -1.61. The van der Waals surface area contributed by atoms with Crippen LogP contribution in [-0.4, -0.2) is 11.7 Å². The summed E-state index contributed by atoms with van der Waals surface area (Å²) in [6.45, 7) is 3.94. The van der Waals surface area contributed by atoms with Gasteiger partial charge in [0.15, 0.2) is 5.76 Å². The lowest BCUT2D eigenvalue weighted by atomic mass is 10.0. The number of hydrogen-bond donors (Lipinski definition) is 1. The van der Waals surface area contributed by atoms with Crippen LogP contribution in [0.15, 0.2) is 28.8 Å². The lowest BCUT2D eigenvalue weighted by Crippen LogP contribution is -2.23. The average Bonchev–Trinajstić information content (AvgIpc) is 2.72. The summed E-state index contributed by atoms with van der Waals surface area (Å²) in [4.78, 5) is 0. The fourth-order valence-electron chi connectivity index (χ4n) is 2.15. The quantitative estimate of drug-likeness (QED) is 0.791. The topological polar surface area (TPSA) is 38.1 Å². The molecule has 0 unspecified atom stereocenters. The van der Waals surface area contributed by atoms with Crippen LogP contribution >= 0.6 is 0 Å². The van der Waals surface area contributed by atoms with Crippen LogP contribution in [-0.2, 0) is 13.0 Å². The van der Waals surface area contributed by atoms with Crippen molar-refractivity contribution in [3.05, 3.63) is 41.1 Å². The standard InChI is InChI=1S/C13H14N2O/c1-9-3-2-4-10(7-9)13-11-8-14-6-5-12(11)15-16-13/h2-4,7,14H,5-6,8H2,1H3. The number of nitrogens with one attached hydrogen (secondary N) is 1. The van der Waals surface area contributed by atoms with Crippen molar-refractivity contribution in [2.45, 2.75) is 19.9 Å². The van der Waals surface area contributed by atoms with E-state index in [4.69, 9.17) is 4.52 Å². The summed E-state index contributed by atoms with van der Waals surface area (Å²) < 4.78 is 5.47. The molecule has 0 spiro atoms. The Morgan fingerprint density at radius 3 is 3.19 bits per heavy atom. The maximum Gasteiger partial charge on any atom is 0.171 e. The van der Waals surface area contributed by atoms with Crippen LogP contribution in [0.4, 0.5) is 0 Å². The molecule has 3 rings (SSSR count). The molecule has 0 fully saturated rings. The van der Waals surface area contributed by atoms with Gasteiger partial charge < -0.3 is 9.84 Å². The first kappa shape index (κ1) is 9.60. The monoisotopic (exact) mass is 214 g/mol. The molecule has 0 amide bonds. The first-order chi connectivity index (χ1) is 7.84. The third-order valence-electron chi connectivity index (χ3n) is 2.99. The van der Waals surface area contributed by atoms with Crippen LogP contribution in [0.25, 0.3) is 11.3 Å². The summed E-state index contributed by atoms with van der Waals surface area (Å²) in [6.07, 6.45) is 0.963. The van der Waals surface area contributed by atoms with Gasteiger partial charge in [0, 0.05) is 30.6 Å². The fraction of sp³-hybridized carbons (Fsp3) is 0.308. The van der Waals surface area contributed by atoms with Gasteiger partial charge in [0.05, 0.1) is 5.69 Å². The van der Waals surface area contributed by atoms with Crippen LogP contribution < -0.4 is 5.32 Å². The molecule has 3 nitrogen and oxygen atoms in total. The lowest BCUT2D eigenvalue weighted by Gasteiger charge is -2.11. The van der Waals surface area contributed by atoms with E-state index in [0.717, 1.165) is 36.5 Å². The molecule has 82 valence electrons. The van der Waals surface area contributed by atoms with Crippen molar-refractivity contribution < 1.29 is 4.52 Å². The molecule has 0 aliphatic carbocycles. The number of rotatable bonds is 1. The highest BCUT2D eigenvalue weighted by Gasteiger charge is 2.19. The van der Waals surface area contributed by atoms with Gasteiger partial charge in [-0.1, -0.05) is 28.9 Å². The van der Waals surface area contributed by atoms with Crippen LogP contribution in [0.1, 0.15) is 16.8 Å². The smallest absolute Gasteiger partial charge is 0.171 e. The number of aromatic nitrogens is 1. The molecule has 0 saturated heterocycles. The fourth-order valence-corrected chi connectivity index (χ4v) is 2.15. The lowest BCUT2D eigenvalue weighted by molar-refractivity contribution is 0.423. The summed E-state index contributed by atoms with van der Waals surface area (Å²) in [5.74, 6) is 0.922. The number of nitrogens with zero attached hydrogens (tertiary/aromatic N) is 1. The molecule has 1 aromatic heterocycles. The second kappa shape index (κ2) is 3.76. The minimum Gasteiger partial charge on any atom is -0.356 e. The van der Waals surface area contributed by atoms with Crippen LogP contribution in [0.3, 0.4) is 0 Å². The zero-order valence-electron chi connectivity index (χ0n) is 9.29. The van der Waals surface area contributed by atoms with E-state index in [1.54, 1.807) is 0 Å². The molecule has 1 aliphatic rings. The second-order valence-corrected chi connectivity index (χ2v) is 4.23. The van der Waals surface area contributed by atoms with Crippen molar-refractivity contribution in [2.24, 2.45) is 0 Å². The van der Waals surface area contributed by atoms with Crippen molar-refractivity contribution in [1.82, 2.24) is 10.5 Å². The Morgan fingerprint density at radius 2 is 2.31 bits per heavy atom. The molecule has 1 aliphatic heterocycles. The minimum atomic E-state index is 0.863. The van der Waals surface area contributed by atoms with E-state index in [1.165, 1.54) is 11.1 Å². The van der Waals surface area contributed by atoms with Crippen molar-refractivity contribution in [2.75, 3.05) is 6.54 Å². The highest BCUT2D eigenvalue weighted by molar-refractivity contribution is 5.63. The molecule has 2 aromatic rings. The molecule has 0 saturated carbocycles. The Balaban J connectivity index is 2.09. The van der Waals surface area contributed by atoms with Crippen molar-refractivity contribution in [1.29, 1.82) is 0 Å². The van der Waals surface area contributed by atoms with Crippen LogP contribution in [0.5, 0.6) is 0 Å². The first-order valence-electron chi connectivity index (χ1n) is 5.60. The molecular formula is C13H14N2O. The molecule has 0 atom stereocenters. The van der Waals surface area contributed by atoms with Gasteiger partial charge >= 0.3 is 0 Å². The van der Waals surface area contributed by atoms with Crippen molar-refractivity contribution in [3.63, 3.8) is 0 Å². The van der Waals surface area contributed by atoms with Gasteiger partial charge in [0.2, 0.25) is 0 Å². The van der Waals surface area contributed by atoms with E-state index in [-0.39, 0.29) is 0 Å². The summed E-state index contributed by atoms with van der Waals surface area (Å²) in [6, 6.07) is 8.35. The molecule has 0 radical (unpaired) electrons. The molecule has 0 bridgehead atoms. The van der Waals surface area contributed by atoms with E-state index >= 15 is 0 Å². The van der Waals surface area contributed by atoms with Gasteiger partial charge in [-0.3, -0.25) is 0 Å². The predicted molar refractivity (Wildman–Crippen MR) is 62.1 cm³/mol. The predicted octanol–water partition coefficient (Wildman–Crippen LogP) is 2.30. The Morgan fingerprint density at radius 1 is 1.38 bits per heavy atom. The molecule has 16 heavy (non-hydrogen) atoms. The summed E-state index contributed by atoms with van der Waals surface area (Å²) in [5.41, 5.74) is 4.69. The van der Waals surface area contributed by atoms with Crippen LogP contribution in [0.2, 0.25) is 0 Å². The Kier molecular flexibility index (Phi) is 2.26. The third kappa shape index (κ3) is 1.53. The van der Waals surface area contributed by atoms with Gasteiger partial charge in [-0.25, -0.2) is 0 Å². The Labute approximate surface area is 94.5 Å². The van der Waals surface area contributed by atoms with Gasteiger partial charge in [-0.15, -0.1) is 0 Å². The summed E-state index contributed by atoms with van der Waals surface area (Å²) in [7, 11) is 0. The van der Waals surface area contributed by atoms with Crippen LogP contribution in [0, 0.1) is 6.92 Å². The van der Waals surface area contributed by atoms with E-state index < -0.39 is 0 Å². The maximum atomic E-state index is 5.47. The van der Waals surface area contributed by atoms with E-state index in [2.05, 4.69) is 41.7 Å². The van der Waals surface area contributed by atoms with Crippen molar-refractivity contribution in [3.8, 4) is 11.3 Å². The number of benzene rings is 1. The second-order valence-electron chi connectivity index (χ2n) is 4.23. The normalized spacial score (nSPS) is 14.8.